The van der Waals surface area contributed by atoms with Crippen LogP contribution in [0.4, 0.5) is 0 Å². The molecule has 0 unspecified atom stereocenters. The molecule has 1 aliphatic rings. The third-order valence-corrected chi connectivity index (χ3v) is 4.50. The second-order valence-corrected chi connectivity index (χ2v) is 7.64. The molecule has 1 fully saturated rings. The molecule has 1 aromatic rings. The Balaban J connectivity index is 1.63. The van der Waals surface area contributed by atoms with Gasteiger partial charge in [0.05, 0.1) is 13.2 Å². The molecular formula is C20H31N3O3. The number of nitrogens with one attached hydrogen (secondary N) is 2. The zero-order valence-electron chi connectivity index (χ0n) is 16.1. The minimum atomic E-state index is -0.147. The Morgan fingerprint density at radius 1 is 1.04 bits per heavy atom. The maximum Gasteiger partial charge on any atom is 0.251 e. The number of morpholine rings is 1. The van der Waals surface area contributed by atoms with E-state index in [1.807, 2.05) is 24.3 Å². The Labute approximate surface area is 156 Å². The number of rotatable bonds is 7. The summed E-state index contributed by atoms with van der Waals surface area (Å²) in [6, 6.07) is 7.62. The highest BCUT2D eigenvalue weighted by Crippen LogP contribution is 2.22. The van der Waals surface area contributed by atoms with Crippen molar-refractivity contribution in [1.82, 2.24) is 15.5 Å². The van der Waals surface area contributed by atoms with Gasteiger partial charge in [-0.1, -0.05) is 32.9 Å². The van der Waals surface area contributed by atoms with Crippen molar-refractivity contribution in [3.8, 4) is 0 Å². The van der Waals surface area contributed by atoms with E-state index in [4.69, 9.17) is 4.74 Å². The van der Waals surface area contributed by atoms with Crippen molar-refractivity contribution >= 4 is 11.8 Å². The van der Waals surface area contributed by atoms with Gasteiger partial charge in [0.1, 0.15) is 0 Å². The molecule has 1 aliphatic heterocycles. The zero-order chi connectivity index (χ0) is 19.0. The molecule has 6 nitrogen and oxygen atoms in total. The fraction of sp³-hybridized carbons (Fsp3) is 0.600. The molecule has 2 amide bonds. The van der Waals surface area contributed by atoms with Crippen molar-refractivity contribution in [2.75, 3.05) is 45.9 Å². The summed E-state index contributed by atoms with van der Waals surface area (Å²) in [5.41, 5.74) is 1.87. The SMILES string of the molecule is CC(C)(C)c1ccc(C(=O)NCCC(=O)NCCN2CCOCC2)cc1. The first-order valence-corrected chi connectivity index (χ1v) is 9.32. The molecule has 2 N–H and O–H groups in total. The van der Waals surface area contributed by atoms with Gasteiger partial charge in [-0.25, -0.2) is 0 Å². The van der Waals surface area contributed by atoms with Gasteiger partial charge in [0.15, 0.2) is 0 Å². The predicted octanol–water partition coefficient (Wildman–Crippen LogP) is 1.55. The lowest BCUT2D eigenvalue weighted by molar-refractivity contribution is -0.121. The highest BCUT2D eigenvalue weighted by Gasteiger charge is 2.14. The molecular weight excluding hydrogens is 330 g/mol. The van der Waals surface area contributed by atoms with Crippen molar-refractivity contribution in [3.05, 3.63) is 35.4 Å². The average molecular weight is 361 g/mol. The van der Waals surface area contributed by atoms with Crippen molar-refractivity contribution in [1.29, 1.82) is 0 Å². The molecule has 6 heteroatoms. The van der Waals surface area contributed by atoms with Crippen molar-refractivity contribution < 1.29 is 14.3 Å². The van der Waals surface area contributed by atoms with E-state index >= 15 is 0 Å². The molecule has 0 atom stereocenters. The lowest BCUT2D eigenvalue weighted by Gasteiger charge is -2.26. The molecule has 144 valence electrons. The van der Waals surface area contributed by atoms with Gasteiger partial charge in [0.25, 0.3) is 5.91 Å². The van der Waals surface area contributed by atoms with Crippen LogP contribution < -0.4 is 10.6 Å². The van der Waals surface area contributed by atoms with E-state index in [1.54, 1.807) is 0 Å². The normalized spacial score (nSPS) is 15.5. The number of carbonyl (C=O) groups is 2. The van der Waals surface area contributed by atoms with Crippen LogP contribution in [-0.4, -0.2) is 62.7 Å². The summed E-state index contributed by atoms with van der Waals surface area (Å²) in [7, 11) is 0. The van der Waals surface area contributed by atoms with Crippen molar-refractivity contribution in [2.24, 2.45) is 0 Å². The quantitative estimate of drug-likeness (QED) is 0.773. The van der Waals surface area contributed by atoms with Gasteiger partial charge < -0.3 is 15.4 Å². The molecule has 0 radical (unpaired) electrons. The van der Waals surface area contributed by atoms with E-state index in [2.05, 4.69) is 36.3 Å². The molecule has 0 aliphatic carbocycles. The van der Waals surface area contributed by atoms with Gasteiger partial charge in [-0.3, -0.25) is 14.5 Å². The monoisotopic (exact) mass is 361 g/mol. The average Bonchev–Trinajstić information content (AvgIpc) is 2.62. The van der Waals surface area contributed by atoms with Gasteiger partial charge in [-0.2, -0.15) is 0 Å². The van der Waals surface area contributed by atoms with Crippen LogP contribution in [0.3, 0.4) is 0 Å². The third kappa shape index (κ3) is 6.77. The number of amides is 2. The van der Waals surface area contributed by atoms with Gasteiger partial charge in [0.2, 0.25) is 5.91 Å². The third-order valence-electron chi connectivity index (χ3n) is 4.50. The predicted molar refractivity (Wildman–Crippen MR) is 102 cm³/mol. The summed E-state index contributed by atoms with van der Waals surface area (Å²) >= 11 is 0. The van der Waals surface area contributed by atoms with Crippen LogP contribution in [0.15, 0.2) is 24.3 Å². The summed E-state index contributed by atoms with van der Waals surface area (Å²) in [6.07, 6.45) is 0.287. The first-order valence-electron chi connectivity index (χ1n) is 9.32. The van der Waals surface area contributed by atoms with Crippen LogP contribution in [0, 0.1) is 0 Å². The minimum Gasteiger partial charge on any atom is -0.379 e. The van der Waals surface area contributed by atoms with E-state index in [0.29, 0.717) is 18.7 Å². The summed E-state index contributed by atoms with van der Waals surface area (Å²) in [5, 5.41) is 5.70. The maximum atomic E-state index is 12.1. The highest BCUT2D eigenvalue weighted by atomic mass is 16.5. The molecule has 0 aromatic heterocycles. The van der Waals surface area contributed by atoms with Crippen LogP contribution in [0.1, 0.15) is 43.1 Å². The molecule has 1 saturated heterocycles. The number of ether oxygens (including phenoxy) is 1. The number of benzene rings is 1. The number of hydrogen-bond donors (Lipinski definition) is 2. The summed E-state index contributed by atoms with van der Waals surface area (Å²) in [5.74, 6) is -0.187. The largest absolute Gasteiger partial charge is 0.379 e. The Kier molecular flexibility index (Phi) is 7.60. The molecule has 1 heterocycles. The van der Waals surface area contributed by atoms with Gasteiger partial charge in [-0.15, -0.1) is 0 Å². The fourth-order valence-corrected chi connectivity index (χ4v) is 2.78. The fourth-order valence-electron chi connectivity index (χ4n) is 2.78. The second kappa shape index (κ2) is 9.69. The first-order chi connectivity index (χ1) is 12.4. The smallest absolute Gasteiger partial charge is 0.251 e. The molecule has 2 rings (SSSR count). The van der Waals surface area contributed by atoms with E-state index < -0.39 is 0 Å². The van der Waals surface area contributed by atoms with Gasteiger partial charge >= 0.3 is 0 Å². The van der Waals surface area contributed by atoms with E-state index in [9.17, 15) is 9.59 Å². The second-order valence-electron chi connectivity index (χ2n) is 7.64. The van der Waals surface area contributed by atoms with E-state index in [-0.39, 0.29) is 23.7 Å². The molecule has 0 spiro atoms. The summed E-state index contributed by atoms with van der Waals surface area (Å²) < 4.78 is 5.29. The molecule has 0 saturated carbocycles. The number of hydrogen-bond acceptors (Lipinski definition) is 4. The lowest BCUT2D eigenvalue weighted by Crippen LogP contribution is -2.41. The topological polar surface area (TPSA) is 70.7 Å². The number of nitrogens with zero attached hydrogens (tertiary/aromatic N) is 1. The Morgan fingerprint density at radius 3 is 2.31 bits per heavy atom. The minimum absolute atomic E-state index is 0.0401. The summed E-state index contributed by atoms with van der Waals surface area (Å²) in [4.78, 5) is 26.3. The van der Waals surface area contributed by atoms with Crippen LogP contribution >= 0.6 is 0 Å². The summed E-state index contributed by atoms with van der Waals surface area (Å²) in [6.45, 7) is 11.6. The van der Waals surface area contributed by atoms with Crippen molar-refractivity contribution in [2.45, 2.75) is 32.6 Å². The van der Waals surface area contributed by atoms with E-state index in [0.717, 1.165) is 32.8 Å². The molecule has 0 bridgehead atoms. The van der Waals surface area contributed by atoms with Gasteiger partial charge in [0, 0.05) is 44.7 Å². The van der Waals surface area contributed by atoms with Crippen LogP contribution in [0.5, 0.6) is 0 Å². The first kappa shape index (κ1) is 20.4. The van der Waals surface area contributed by atoms with Gasteiger partial charge in [-0.05, 0) is 23.1 Å². The maximum absolute atomic E-state index is 12.1. The highest BCUT2D eigenvalue weighted by molar-refractivity contribution is 5.94. The van der Waals surface area contributed by atoms with E-state index in [1.165, 1.54) is 5.56 Å². The molecule has 1 aromatic carbocycles. The Bertz CT molecular complexity index is 587. The standard InChI is InChI=1S/C20H31N3O3/c1-20(2,3)17-6-4-16(5-7-17)19(25)22-9-8-18(24)21-10-11-23-12-14-26-15-13-23/h4-7H,8-15H2,1-3H3,(H,21,24)(H,22,25). The van der Waals surface area contributed by atoms with Crippen LogP contribution in [-0.2, 0) is 14.9 Å². The van der Waals surface area contributed by atoms with Crippen LogP contribution in [0.25, 0.3) is 0 Å². The van der Waals surface area contributed by atoms with Crippen LogP contribution in [0.2, 0.25) is 0 Å². The lowest BCUT2D eigenvalue weighted by atomic mass is 9.87. The zero-order valence-corrected chi connectivity index (χ0v) is 16.1. The Hall–Kier alpha value is -1.92. The molecule has 26 heavy (non-hydrogen) atoms. The Morgan fingerprint density at radius 2 is 1.69 bits per heavy atom. The number of carbonyl (C=O) groups excluding carboxylic acids is 2. The van der Waals surface area contributed by atoms with Crippen molar-refractivity contribution in [3.63, 3.8) is 0 Å².